The van der Waals surface area contributed by atoms with Crippen LogP contribution in [0.5, 0.6) is 11.5 Å². The highest BCUT2D eigenvalue weighted by molar-refractivity contribution is 7.89. The normalized spacial score (nSPS) is 13.2. The number of hydrogen-bond donors (Lipinski definition) is 2. The summed E-state index contributed by atoms with van der Waals surface area (Å²) in [7, 11) is -2.69. The third-order valence-electron chi connectivity index (χ3n) is 5.06. The van der Waals surface area contributed by atoms with Crippen molar-refractivity contribution in [2.24, 2.45) is 0 Å². The Bertz CT molecular complexity index is 1160. The molecule has 2 unspecified atom stereocenters. The Morgan fingerprint density at radius 2 is 1.53 bits per heavy atom. The average molecular weight is 485 g/mol. The van der Waals surface area contributed by atoms with Gasteiger partial charge < -0.3 is 20.0 Å². The Morgan fingerprint density at radius 3 is 2.09 bits per heavy atom. The molecule has 3 rings (SSSR count). The van der Waals surface area contributed by atoms with E-state index in [1.807, 2.05) is 30.3 Å². The number of aliphatic hydroxyl groups excluding tert-OH is 1. The minimum absolute atomic E-state index is 0.0319. The van der Waals surface area contributed by atoms with E-state index < -0.39 is 28.7 Å². The molecule has 0 saturated carbocycles. The lowest BCUT2D eigenvalue weighted by atomic mass is 10.0. The van der Waals surface area contributed by atoms with E-state index >= 15 is 0 Å². The number of ether oxygens (including phenoxy) is 1. The molecule has 0 radical (unpaired) electrons. The number of aliphatic hydroxyl groups is 1. The number of nitrogens with zero attached hydrogens (tertiary/aromatic N) is 1. The summed E-state index contributed by atoms with van der Waals surface area (Å²) in [5, 5.41) is 13.8. The molecule has 8 nitrogen and oxygen atoms in total. The van der Waals surface area contributed by atoms with Crippen molar-refractivity contribution >= 4 is 15.9 Å². The second-order valence-corrected chi connectivity index (χ2v) is 9.46. The molecular weight excluding hydrogens is 456 g/mol. The van der Waals surface area contributed by atoms with E-state index in [-0.39, 0.29) is 16.6 Å². The maximum absolute atomic E-state index is 13.4. The van der Waals surface area contributed by atoms with E-state index in [2.05, 4.69) is 5.32 Å². The summed E-state index contributed by atoms with van der Waals surface area (Å²) in [6.07, 6.45) is -0.954. The minimum Gasteiger partial charge on any atom is -0.497 e. The first-order valence-electron chi connectivity index (χ1n) is 10.7. The highest BCUT2D eigenvalue weighted by Crippen LogP contribution is 2.23. The Kier molecular flexibility index (Phi) is 8.64. The second-order valence-electron chi connectivity index (χ2n) is 7.63. The van der Waals surface area contributed by atoms with E-state index in [1.54, 1.807) is 30.3 Å². The standard InChI is InChI=1S/C25H28N2O6S/c1-19(28)26-24(17-20-9-5-3-6-10-20)25(29)18-27(33-22-11-7-4-8-12-22)34(30,31)23-15-13-21(32-2)14-16-23/h3-16,24-25,29H,17-18H2,1-2H3,(H,26,28). The predicted molar refractivity (Wildman–Crippen MR) is 128 cm³/mol. The van der Waals surface area contributed by atoms with Crippen LogP contribution in [0.25, 0.3) is 0 Å². The molecule has 34 heavy (non-hydrogen) atoms. The topological polar surface area (TPSA) is 105 Å². The van der Waals surface area contributed by atoms with E-state index in [0.29, 0.717) is 12.2 Å². The van der Waals surface area contributed by atoms with Gasteiger partial charge in [-0.15, -0.1) is 0 Å². The Hall–Kier alpha value is -3.40. The van der Waals surface area contributed by atoms with Crippen LogP contribution in [0.15, 0.2) is 89.8 Å². The molecule has 0 aliphatic heterocycles. The van der Waals surface area contributed by atoms with Crippen LogP contribution in [0, 0.1) is 0 Å². The van der Waals surface area contributed by atoms with E-state index in [1.165, 1.54) is 38.3 Å². The van der Waals surface area contributed by atoms with Gasteiger partial charge in [0.05, 0.1) is 30.7 Å². The van der Waals surface area contributed by atoms with Crippen molar-refractivity contribution in [3.8, 4) is 11.5 Å². The molecule has 0 spiro atoms. The number of methoxy groups -OCH3 is 1. The lowest BCUT2D eigenvalue weighted by Crippen LogP contribution is -2.50. The molecule has 180 valence electrons. The summed E-state index contributed by atoms with van der Waals surface area (Å²) in [5.74, 6) is 0.447. The molecule has 1 amide bonds. The van der Waals surface area contributed by atoms with Gasteiger partial charge in [-0.3, -0.25) is 4.79 Å². The lowest BCUT2D eigenvalue weighted by Gasteiger charge is -2.29. The van der Waals surface area contributed by atoms with Gasteiger partial charge in [0.1, 0.15) is 11.5 Å². The van der Waals surface area contributed by atoms with Gasteiger partial charge in [-0.05, 0) is 52.9 Å². The maximum atomic E-state index is 13.4. The fraction of sp³-hybridized carbons (Fsp3) is 0.240. The predicted octanol–water partition coefficient (Wildman–Crippen LogP) is 2.79. The zero-order chi connectivity index (χ0) is 24.6. The average Bonchev–Trinajstić information content (AvgIpc) is 2.84. The number of nitrogens with one attached hydrogen (secondary N) is 1. The number of amides is 1. The van der Waals surface area contributed by atoms with Gasteiger partial charge in [0, 0.05) is 6.92 Å². The van der Waals surface area contributed by atoms with Crippen LogP contribution in [0.3, 0.4) is 0 Å². The second kappa shape index (κ2) is 11.6. The number of carbonyl (C=O) groups is 1. The van der Waals surface area contributed by atoms with Gasteiger partial charge in [-0.1, -0.05) is 48.5 Å². The summed E-state index contributed by atoms with van der Waals surface area (Å²) in [5.41, 5.74) is 0.883. The first kappa shape index (κ1) is 25.2. The molecule has 0 fully saturated rings. The van der Waals surface area contributed by atoms with Gasteiger partial charge >= 0.3 is 0 Å². The van der Waals surface area contributed by atoms with Crippen molar-refractivity contribution in [1.29, 1.82) is 0 Å². The molecule has 0 saturated heterocycles. The highest BCUT2D eigenvalue weighted by atomic mass is 32.2. The first-order valence-corrected chi connectivity index (χ1v) is 12.1. The van der Waals surface area contributed by atoms with Gasteiger partial charge in [0.2, 0.25) is 5.91 Å². The van der Waals surface area contributed by atoms with Crippen LogP contribution in [0.2, 0.25) is 0 Å². The lowest BCUT2D eigenvalue weighted by molar-refractivity contribution is -0.120. The number of benzene rings is 3. The fourth-order valence-corrected chi connectivity index (χ4v) is 4.59. The summed E-state index contributed by atoms with van der Waals surface area (Å²) < 4.78 is 32.7. The zero-order valence-electron chi connectivity index (χ0n) is 19.0. The highest BCUT2D eigenvalue weighted by Gasteiger charge is 2.32. The number of hydroxylamine groups is 1. The number of carbonyl (C=O) groups excluding carboxylic acids is 1. The van der Waals surface area contributed by atoms with Crippen molar-refractivity contribution in [1.82, 2.24) is 9.79 Å². The van der Waals surface area contributed by atoms with Gasteiger partial charge in [-0.2, -0.15) is 0 Å². The Balaban J connectivity index is 1.90. The quantitative estimate of drug-likeness (QED) is 0.406. The molecule has 3 aromatic rings. The Morgan fingerprint density at radius 1 is 0.941 bits per heavy atom. The molecular formula is C25H28N2O6S. The summed E-state index contributed by atoms with van der Waals surface area (Å²) in [6, 6.07) is 22.8. The largest absolute Gasteiger partial charge is 0.497 e. The zero-order valence-corrected chi connectivity index (χ0v) is 19.8. The summed E-state index contributed by atoms with van der Waals surface area (Å²) in [4.78, 5) is 17.5. The monoisotopic (exact) mass is 484 g/mol. The van der Waals surface area contributed by atoms with Gasteiger partial charge in [0.15, 0.2) is 0 Å². The summed E-state index contributed by atoms with van der Waals surface area (Å²) in [6.45, 7) is 0.929. The van der Waals surface area contributed by atoms with Crippen LogP contribution in [-0.4, -0.2) is 49.7 Å². The van der Waals surface area contributed by atoms with Crippen molar-refractivity contribution in [3.63, 3.8) is 0 Å². The van der Waals surface area contributed by atoms with Crippen molar-refractivity contribution in [2.75, 3.05) is 13.7 Å². The smallest absolute Gasteiger partial charge is 0.274 e. The molecule has 2 N–H and O–H groups in total. The third kappa shape index (κ3) is 6.80. The SMILES string of the molecule is COc1ccc(S(=O)(=O)N(CC(O)C(Cc2ccccc2)NC(C)=O)Oc2ccccc2)cc1. The molecule has 9 heteroatoms. The molecule has 0 heterocycles. The molecule has 0 aliphatic carbocycles. The van der Waals surface area contributed by atoms with Gasteiger partial charge in [-0.25, -0.2) is 8.42 Å². The van der Waals surface area contributed by atoms with Gasteiger partial charge in [0.25, 0.3) is 10.0 Å². The van der Waals surface area contributed by atoms with E-state index in [9.17, 15) is 18.3 Å². The first-order chi connectivity index (χ1) is 16.3. The van der Waals surface area contributed by atoms with Crippen molar-refractivity contribution in [3.05, 3.63) is 90.5 Å². The van der Waals surface area contributed by atoms with E-state index in [4.69, 9.17) is 9.57 Å². The van der Waals surface area contributed by atoms with Crippen LogP contribution in [-0.2, 0) is 21.2 Å². The third-order valence-corrected chi connectivity index (χ3v) is 6.69. The number of hydrogen-bond acceptors (Lipinski definition) is 6. The maximum Gasteiger partial charge on any atom is 0.274 e. The van der Waals surface area contributed by atoms with E-state index in [0.717, 1.165) is 10.0 Å². The Labute approximate surface area is 199 Å². The van der Waals surface area contributed by atoms with Crippen molar-refractivity contribution in [2.45, 2.75) is 30.4 Å². The number of para-hydroxylation sites is 1. The molecule has 3 aromatic carbocycles. The fourth-order valence-electron chi connectivity index (χ4n) is 3.34. The molecule has 0 aliphatic rings. The van der Waals surface area contributed by atoms with Crippen LogP contribution >= 0.6 is 0 Å². The molecule has 0 aromatic heterocycles. The van der Waals surface area contributed by atoms with Crippen LogP contribution < -0.4 is 14.9 Å². The van der Waals surface area contributed by atoms with Crippen LogP contribution in [0.1, 0.15) is 12.5 Å². The summed E-state index contributed by atoms with van der Waals surface area (Å²) >= 11 is 0. The molecule has 2 atom stereocenters. The minimum atomic E-state index is -4.17. The van der Waals surface area contributed by atoms with Crippen LogP contribution in [0.4, 0.5) is 0 Å². The number of sulfonamides is 1. The van der Waals surface area contributed by atoms with Crippen molar-refractivity contribution < 1.29 is 27.9 Å². The molecule has 0 bridgehead atoms. The number of rotatable bonds is 11.